The number of nitrogens with two attached hydrogens (primary N) is 2. The van der Waals surface area contributed by atoms with Crippen LogP contribution in [0.4, 0.5) is 4.39 Å². The van der Waals surface area contributed by atoms with Gasteiger partial charge in [0.05, 0.1) is 22.5 Å². The van der Waals surface area contributed by atoms with Gasteiger partial charge in [-0.3, -0.25) is 14.3 Å². The first-order chi connectivity index (χ1) is 16.9. The Labute approximate surface area is 208 Å². The molecule has 0 aliphatic carbocycles. The lowest BCUT2D eigenvalue weighted by Crippen LogP contribution is -2.40. The van der Waals surface area contributed by atoms with Gasteiger partial charge in [-0.15, -0.1) is 0 Å². The summed E-state index contributed by atoms with van der Waals surface area (Å²) < 4.78 is 41.5. The molecule has 1 saturated heterocycles. The highest BCUT2D eigenvalue weighted by molar-refractivity contribution is 7.89. The van der Waals surface area contributed by atoms with Crippen LogP contribution in [-0.2, 0) is 16.6 Å². The molecule has 3 aromatic rings. The van der Waals surface area contributed by atoms with Crippen LogP contribution in [-0.4, -0.2) is 58.1 Å². The predicted octanol–water partition coefficient (Wildman–Crippen LogP) is 2.11. The van der Waals surface area contributed by atoms with E-state index in [4.69, 9.17) is 11.5 Å². The number of aryl methyl sites for hydroxylation is 1. The Morgan fingerprint density at radius 3 is 2.36 bits per heavy atom. The van der Waals surface area contributed by atoms with E-state index >= 15 is 0 Å². The lowest BCUT2D eigenvalue weighted by Gasteiger charge is -2.31. The third-order valence-electron chi connectivity index (χ3n) is 6.82. The summed E-state index contributed by atoms with van der Waals surface area (Å²) in [5, 5.41) is 4.96. The molecule has 4 rings (SSSR count). The van der Waals surface area contributed by atoms with Crippen molar-refractivity contribution in [3.05, 3.63) is 46.7 Å². The second-order valence-corrected chi connectivity index (χ2v) is 11.3. The summed E-state index contributed by atoms with van der Waals surface area (Å²) in [6.07, 6.45) is 1.38. The topological polar surface area (TPSA) is 154 Å². The summed E-state index contributed by atoms with van der Waals surface area (Å²) in [5.41, 5.74) is 13.2. The van der Waals surface area contributed by atoms with Crippen molar-refractivity contribution < 1.29 is 22.4 Å². The van der Waals surface area contributed by atoms with Gasteiger partial charge in [0.1, 0.15) is 11.5 Å². The van der Waals surface area contributed by atoms with E-state index < -0.39 is 27.7 Å². The molecule has 0 spiro atoms. The van der Waals surface area contributed by atoms with Crippen LogP contribution in [0.1, 0.15) is 52.0 Å². The van der Waals surface area contributed by atoms with E-state index in [0.717, 1.165) is 6.07 Å². The largest absolute Gasteiger partial charge is 0.366 e. The molecule has 12 heteroatoms. The number of piperidine rings is 1. The molecule has 1 aliphatic heterocycles. The number of sulfonamides is 1. The highest BCUT2D eigenvalue weighted by atomic mass is 32.2. The Balaban J connectivity index is 1.77. The molecule has 0 radical (unpaired) electrons. The number of rotatable bonds is 7. The standard InChI is InChI=1S/C24H29FN6O4S/c1-4-36(34,35)30-9-7-15(8-10-30)12-31-14(3)19(13(2)29-31)21-20(23(26)32)17-6-5-16(25)11-18(17)28-22(21)24(27)33/h5-6,11,15H,4,7-10,12H2,1-3H3,(H2,26,32)(H2,27,33). The second-order valence-electron chi connectivity index (χ2n) is 9.07. The zero-order chi connectivity index (χ0) is 26.4. The zero-order valence-corrected chi connectivity index (χ0v) is 21.2. The monoisotopic (exact) mass is 516 g/mol. The van der Waals surface area contributed by atoms with Gasteiger partial charge in [0.2, 0.25) is 15.9 Å². The van der Waals surface area contributed by atoms with Gasteiger partial charge in [0.15, 0.2) is 0 Å². The highest BCUT2D eigenvalue weighted by Gasteiger charge is 2.30. The minimum Gasteiger partial charge on any atom is -0.366 e. The molecule has 0 saturated carbocycles. The van der Waals surface area contributed by atoms with Crippen LogP contribution in [0.3, 0.4) is 0 Å². The normalized spacial score (nSPS) is 15.4. The maximum atomic E-state index is 13.9. The van der Waals surface area contributed by atoms with E-state index in [-0.39, 0.29) is 34.0 Å². The van der Waals surface area contributed by atoms with Crippen molar-refractivity contribution in [3.63, 3.8) is 0 Å². The first kappa shape index (κ1) is 25.7. The van der Waals surface area contributed by atoms with Gasteiger partial charge in [0.25, 0.3) is 5.91 Å². The fourth-order valence-corrected chi connectivity index (χ4v) is 6.08. The molecular formula is C24H29FN6O4S. The van der Waals surface area contributed by atoms with E-state index in [1.807, 2.05) is 6.92 Å². The summed E-state index contributed by atoms with van der Waals surface area (Å²) in [7, 11) is -3.22. The van der Waals surface area contributed by atoms with Crippen LogP contribution in [0.15, 0.2) is 18.2 Å². The molecule has 10 nitrogen and oxygen atoms in total. The number of pyridine rings is 1. The van der Waals surface area contributed by atoms with Gasteiger partial charge in [-0.2, -0.15) is 5.10 Å². The molecule has 0 bridgehead atoms. The number of benzene rings is 1. The Bertz CT molecular complexity index is 1480. The zero-order valence-electron chi connectivity index (χ0n) is 20.4. The number of aromatic nitrogens is 3. The number of nitrogens with zero attached hydrogens (tertiary/aromatic N) is 4. The van der Waals surface area contributed by atoms with Gasteiger partial charge in [-0.05, 0) is 51.7 Å². The molecule has 192 valence electrons. The van der Waals surface area contributed by atoms with Crippen molar-refractivity contribution in [1.82, 2.24) is 19.1 Å². The van der Waals surface area contributed by atoms with Crippen molar-refractivity contribution in [2.24, 2.45) is 17.4 Å². The molecule has 1 aromatic carbocycles. The van der Waals surface area contributed by atoms with E-state index in [1.165, 1.54) is 16.4 Å². The molecule has 2 amide bonds. The maximum absolute atomic E-state index is 13.9. The highest BCUT2D eigenvalue weighted by Crippen LogP contribution is 2.36. The van der Waals surface area contributed by atoms with E-state index in [0.29, 0.717) is 54.8 Å². The van der Waals surface area contributed by atoms with Gasteiger partial charge in [0, 0.05) is 47.9 Å². The molecule has 1 aliphatic rings. The van der Waals surface area contributed by atoms with Crippen LogP contribution in [0.2, 0.25) is 0 Å². The number of amides is 2. The number of carbonyl (C=O) groups excluding carboxylic acids is 2. The minimum atomic E-state index is -3.22. The number of hydrogen-bond donors (Lipinski definition) is 2. The first-order valence-corrected chi connectivity index (χ1v) is 13.3. The van der Waals surface area contributed by atoms with Crippen LogP contribution in [0.25, 0.3) is 22.0 Å². The van der Waals surface area contributed by atoms with E-state index in [1.54, 1.807) is 18.5 Å². The van der Waals surface area contributed by atoms with Crippen LogP contribution >= 0.6 is 0 Å². The van der Waals surface area contributed by atoms with Gasteiger partial charge in [-0.25, -0.2) is 22.1 Å². The fraction of sp³-hybridized carbons (Fsp3) is 0.417. The maximum Gasteiger partial charge on any atom is 0.267 e. The summed E-state index contributed by atoms with van der Waals surface area (Å²) in [6.45, 7) is 6.65. The van der Waals surface area contributed by atoms with Crippen LogP contribution < -0.4 is 11.5 Å². The van der Waals surface area contributed by atoms with Crippen molar-refractivity contribution >= 4 is 32.7 Å². The molecule has 36 heavy (non-hydrogen) atoms. The Morgan fingerprint density at radius 1 is 1.11 bits per heavy atom. The summed E-state index contributed by atoms with van der Waals surface area (Å²) >= 11 is 0. The van der Waals surface area contributed by atoms with Crippen molar-refractivity contribution in [2.45, 2.75) is 40.2 Å². The number of carbonyl (C=O) groups is 2. The predicted molar refractivity (Wildman–Crippen MR) is 133 cm³/mol. The van der Waals surface area contributed by atoms with Crippen molar-refractivity contribution in [1.29, 1.82) is 0 Å². The Kier molecular flexibility index (Phi) is 6.84. The summed E-state index contributed by atoms with van der Waals surface area (Å²) in [6, 6.07) is 3.71. The summed E-state index contributed by atoms with van der Waals surface area (Å²) in [5.74, 6) is -1.98. The van der Waals surface area contributed by atoms with Crippen LogP contribution in [0.5, 0.6) is 0 Å². The van der Waals surface area contributed by atoms with Crippen LogP contribution in [0, 0.1) is 25.6 Å². The third-order valence-corrected chi connectivity index (χ3v) is 8.70. The van der Waals surface area contributed by atoms with Gasteiger partial charge >= 0.3 is 0 Å². The average molecular weight is 517 g/mol. The van der Waals surface area contributed by atoms with E-state index in [2.05, 4.69) is 10.1 Å². The minimum absolute atomic E-state index is 0.0256. The van der Waals surface area contributed by atoms with Gasteiger partial charge in [-0.1, -0.05) is 0 Å². The molecule has 4 N–H and O–H groups in total. The molecule has 0 atom stereocenters. The lowest BCUT2D eigenvalue weighted by atomic mass is 9.92. The second kappa shape index (κ2) is 9.58. The van der Waals surface area contributed by atoms with Crippen molar-refractivity contribution in [2.75, 3.05) is 18.8 Å². The number of primary amides is 2. The Morgan fingerprint density at radius 2 is 1.78 bits per heavy atom. The third kappa shape index (κ3) is 4.58. The number of hydrogen-bond acceptors (Lipinski definition) is 6. The lowest BCUT2D eigenvalue weighted by molar-refractivity contribution is 0.0996. The fourth-order valence-electron chi connectivity index (χ4n) is 4.95. The molecule has 3 heterocycles. The number of fused-ring (bicyclic) bond motifs is 1. The van der Waals surface area contributed by atoms with Gasteiger partial charge < -0.3 is 11.5 Å². The molecule has 1 fully saturated rings. The number of halogens is 1. The smallest absolute Gasteiger partial charge is 0.267 e. The molecular weight excluding hydrogens is 487 g/mol. The molecule has 0 unspecified atom stereocenters. The SMILES string of the molecule is CCS(=O)(=O)N1CCC(Cn2nc(C)c(-c3c(C(N)=O)nc4cc(F)ccc4c3C(N)=O)c2C)CC1. The average Bonchev–Trinajstić information content (AvgIpc) is 3.10. The van der Waals surface area contributed by atoms with Crippen molar-refractivity contribution in [3.8, 4) is 11.1 Å². The first-order valence-electron chi connectivity index (χ1n) is 11.7. The Hall–Kier alpha value is -3.38. The van der Waals surface area contributed by atoms with E-state index in [9.17, 15) is 22.4 Å². The summed E-state index contributed by atoms with van der Waals surface area (Å²) in [4.78, 5) is 29.3. The molecule has 2 aromatic heterocycles. The quantitative estimate of drug-likeness (QED) is 0.490.